The van der Waals surface area contributed by atoms with Crippen LogP contribution in [0.15, 0.2) is 10.2 Å². The summed E-state index contributed by atoms with van der Waals surface area (Å²) in [6.07, 6.45) is 2.17. The van der Waals surface area contributed by atoms with E-state index in [0.717, 1.165) is 18.5 Å². The third-order valence-electron chi connectivity index (χ3n) is 1.67. The lowest BCUT2D eigenvalue weighted by molar-refractivity contribution is -0.118. The van der Waals surface area contributed by atoms with Crippen molar-refractivity contribution in [3.05, 3.63) is 10.2 Å². The lowest BCUT2D eigenvalue weighted by Gasteiger charge is -2.15. The highest BCUT2D eigenvalue weighted by molar-refractivity contribution is 9.12. The number of ketones is 1. The van der Waals surface area contributed by atoms with Crippen LogP contribution < -0.4 is 5.32 Å². The van der Waals surface area contributed by atoms with Crippen LogP contribution in [0.25, 0.3) is 0 Å². The summed E-state index contributed by atoms with van der Waals surface area (Å²) >= 11 is 3.16. The number of Topliss-reactive ketones (excluding diaryl/α,β-unsaturated/α-hetero) is 1. The molecule has 1 N–H and O–H groups in total. The summed E-state index contributed by atoms with van der Waals surface area (Å²) in [6, 6.07) is 0. The molecule has 0 aliphatic heterocycles. The van der Waals surface area contributed by atoms with Crippen LogP contribution in [-0.4, -0.2) is 11.7 Å². The van der Waals surface area contributed by atoms with Crippen molar-refractivity contribution >= 4 is 27.6 Å². The van der Waals surface area contributed by atoms with Crippen molar-refractivity contribution in [1.29, 1.82) is 0 Å². The molecule has 1 rings (SSSR count). The average Bonchev–Trinajstić information content (AvgIpc) is 1.98. The number of hydrogen-bond acceptors (Lipinski definition) is 2. The van der Waals surface area contributed by atoms with Crippen molar-refractivity contribution < 1.29 is 9.59 Å². The van der Waals surface area contributed by atoms with Gasteiger partial charge in [-0.2, -0.15) is 0 Å². The molecule has 0 aromatic rings. The molecule has 0 aromatic heterocycles. The Balaban J connectivity index is 2.78. The Morgan fingerprint density at radius 1 is 1.50 bits per heavy atom. The molecule has 0 radical (unpaired) electrons. The number of hydrogen-bond donors (Lipinski definition) is 1. The van der Waals surface area contributed by atoms with Gasteiger partial charge in [0.2, 0.25) is 5.91 Å². The van der Waals surface area contributed by atoms with Gasteiger partial charge < -0.3 is 5.32 Å². The molecule has 0 aromatic carbocycles. The fourth-order valence-corrected chi connectivity index (χ4v) is 1.64. The first-order chi connectivity index (χ1) is 5.61. The van der Waals surface area contributed by atoms with E-state index < -0.39 is 0 Å². The maximum Gasteiger partial charge on any atom is 0.221 e. The quantitative estimate of drug-likeness (QED) is 0.744. The van der Waals surface area contributed by atoms with E-state index in [1.807, 2.05) is 0 Å². The normalized spacial score (nSPS) is 18.0. The smallest absolute Gasteiger partial charge is 0.221 e. The average molecular weight is 232 g/mol. The van der Waals surface area contributed by atoms with Crippen LogP contribution in [0.5, 0.6) is 0 Å². The monoisotopic (exact) mass is 231 g/mol. The van der Waals surface area contributed by atoms with Crippen LogP contribution in [0.3, 0.4) is 0 Å². The molecule has 1 aliphatic carbocycles. The molecule has 66 valence electrons. The molecule has 0 atom stereocenters. The van der Waals surface area contributed by atoms with Crippen LogP contribution in [-0.2, 0) is 9.59 Å². The van der Waals surface area contributed by atoms with Gasteiger partial charge >= 0.3 is 0 Å². The topological polar surface area (TPSA) is 46.2 Å². The molecular weight excluding hydrogens is 222 g/mol. The lowest BCUT2D eigenvalue weighted by Crippen LogP contribution is -2.24. The number of halogens is 1. The Morgan fingerprint density at radius 2 is 2.17 bits per heavy atom. The van der Waals surface area contributed by atoms with Gasteiger partial charge in [0.1, 0.15) is 0 Å². The van der Waals surface area contributed by atoms with Crippen molar-refractivity contribution in [2.24, 2.45) is 0 Å². The zero-order valence-electron chi connectivity index (χ0n) is 6.82. The fourth-order valence-electron chi connectivity index (χ4n) is 1.14. The van der Waals surface area contributed by atoms with Crippen molar-refractivity contribution in [3.63, 3.8) is 0 Å². The predicted octanol–water partition coefficient (Wildman–Crippen LogP) is 1.48. The van der Waals surface area contributed by atoms with E-state index in [9.17, 15) is 9.59 Å². The molecule has 0 saturated carbocycles. The van der Waals surface area contributed by atoms with Gasteiger partial charge in [0, 0.05) is 19.0 Å². The van der Waals surface area contributed by atoms with Gasteiger partial charge in [-0.3, -0.25) is 9.59 Å². The minimum absolute atomic E-state index is 0.0741. The van der Waals surface area contributed by atoms with E-state index in [2.05, 4.69) is 21.2 Å². The second-order valence-corrected chi connectivity index (χ2v) is 3.54. The summed E-state index contributed by atoms with van der Waals surface area (Å²) in [6.45, 7) is 1.44. The number of rotatable bonds is 1. The molecule has 0 bridgehead atoms. The molecule has 0 heterocycles. The summed E-state index contributed by atoms with van der Waals surface area (Å²) in [4.78, 5) is 21.8. The summed E-state index contributed by atoms with van der Waals surface area (Å²) < 4.78 is 0.531. The Kier molecular flexibility index (Phi) is 3.03. The summed E-state index contributed by atoms with van der Waals surface area (Å²) in [5.74, 6) is -0.0540. The minimum atomic E-state index is -0.128. The molecule has 0 spiro atoms. The van der Waals surface area contributed by atoms with Crippen molar-refractivity contribution in [1.82, 2.24) is 5.32 Å². The van der Waals surface area contributed by atoms with E-state index in [1.54, 1.807) is 0 Å². The van der Waals surface area contributed by atoms with Crippen molar-refractivity contribution in [3.8, 4) is 0 Å². The van der Waals surface area contributed by atoms with Crippen LogP contribution in [0.4, 0.5) is 0 Å². The first kappa shape index (κ1) is 9.45. The summed E-state index contributed by atoms with van der Waals surface area (Å²) in [7, 11) is 0. The van der Waals surface area contributed by atoms with Gasteiger partial charge in [0.15, 0.2) is 5.78 Å². The van der Waals surface area contributed by atoms with Gasteiger partial charge in [-0.1, -0.05) is 0 Å². The standard InChI is InChI=1S/C8H10BrNO2/c1-5(11)10-6-3-2-4-7(12)8(6)9/h2-4H2,1H3,(H,10,11). The first-order valence-corrected chi connectivity index (χ1v) is 4.60. The third kappa shape index (κ3) is 2.17. The van der Waals surface area contributed by atoms with Gasteiger partial charge in [-0.25, -0.2) is 0 Å². The van der Waals surface area contributed by atoms with E-state index in [1.165, 1.54) is 6.92 Å². The van der Waals surface area contributed by atoms with Crippen LogP contribution in [0, 0.1) is 0 Å². The second kappa shape index (κ2) is 3.85. The molecule has 0 unspecified atom stereocenters. The molecule has 4 heteroatoms. The predicted molar refractivity (Wildman–Crippen MR) is 48.6 cm³/mol. The molecule has 1 amide bonds. The Bertz CT molecular complexity index is 258. The SMILES string of the molecule is CC(=O)NC1=C(Br)C(=O)CCC1. The number of carbonyl (C=O) groups excluding carboxylic acids is 2. The zero-order chi connectivity index (χ0) is 9.14. The Labute approximate surface area is 79.3 Å². The molecule has 3 nitrogen and oxygen atoms in total. The van der Waals surface area contributed by atoms with Gasteiger partial charge in [-0.05, 0) is 28.8 Å². The van der Waals surface area contributed by atoms with Crippen LogP contribution in [0.1, 0.15) is 26.2 Å². The van der Waals surface area contributed by atoms with Gasteiger partial charge in [0.05, 0.1) is 4.48 Å². The van der Waals surface area contributed by atoms with Crippen molar-refractivity contribution in [2.45, 2.75) is 26.2 Å². The van der Waals surface area contributed by atoms with Crippen molar-refractivity contribution in [2.75, 3.05) is 0 Å². The zero-order valence-corrected chi connectivity index (χ0v) is 8.40. The number of nitrogens with one attached hydrogen (secondary N) is 1. The molecule has 12 heavy (non-hydrogen) atoms. The molecule has 0 fully saturated rings. The molecule has 1 aliphatic rings. The van der Waals surface area contributed by atoms with E-state index >= 15 is 0 Å². The largest absolute Gasteiger partial charge is 0.329 e. The third-order valence-corrected chi connectivity index (χ3v) is 2.59. The van der Waals surface area contributed by atoms with Gasteiger partial charge in [0.25, 0.3) is 0 Å². The maximum absolute atomic E-state index is 11.1. The summed E-state index contributed by atoms with van der Waals surface area (Å²) in [5.41, 5.74) is 0.721. The molecule has 0 saturated heterocycles. The Hall–Kier alpha value is -0.640. The first-order valence-electron chi connectivity index (χ1n) is 3.80. The number of carbonyl (C=O) groups is 2. The highest BCUT2D eigenvalue weighted by Crippen LogP contribution is 2.24. The van der Waals surface area contributed by atoms with E-state index in [0.29, 0.717) is 10.9 Å². The Morgan fingerprint density at radius 3 is 2.75 bits per heavy atom. The molecular formula is C8H10BrNO2. The van der Waals surface area contributed by atoms with Crippen LogP contribution in [0.2, 0.25) is 0 Å². The summed E-state index contributed by atoms with van der Waals surface area (Å²) in [5, 5.41) is 2.63. The fraction of sp³-hybridized carbons (Fsp3) is 0.500. The lowest BCUT2D eigenvalue weighted by atomic mass is 10.0. The maximum atomic E-state index is 11.1. The van der Waals surface area contributed by atoms with Crippen LogP contribution >= 0.6 is 15.9 Å². The number of allylic oxidation sites excluding steroid dienone is 2. The van der Waals surface area contributed by atoms with E-state index in [4.69, 9.17) is 0 Å². The number of amides is 1. The van der Waals surface area contributed by atoms with E-state index in [-0.39, 0.29) is 11.7 Å². The second-order valence-electron chi connectivity index (χ2n) is 2.75. The van der Waals surface area contributed by atoms with Gasteiger partial charge in [-0.15, -0.1) is 0 Å². The highest BCUT2D eigenvalue weighted by Gasteiger charge is 2.18. The minimum Gasteiger partial charge on any atom is -0.329 e. The highest BCUT2D eigenvalue weighted by atomic mass is 79.9.